The van der Waals surface area contributed by atoms with Gasteiger partial charge in [0.2, 0.25) is 0 Å². The lowest BCUT2D eigenvalue weighted by atomic mass is 10.1. The lowest BCUT2D eigenvalue weighted by molar-refractivity contribution is -0.114. The normalized spacial score (nSPS) is 13.8. The van der Waals surface area contributed by atoms with Crippen molar-refractivity contribution in [1.82, 2.24) is 4.98 Å². The quantitative estimate of drug-likeness (QED) is 0.783. The van der Waals surface area contributed by atoms with Crippen molar-refractivity contribution in [2.75, 3.05) is 11.4 Å². The largest absolute Gasteiger partial charge is 0.304 e. The summed E-state index contributed by atoms with van der Waals surface area (Å²) in [5.41, 5.74) is 2.11. The van der Waals surface area contributed by atoms with E-state index in [4.69, 9.17) is 0 Å². The molecule has 94 valence electrons. The second kappa shape index (κ2) is 4.65. The highest BCUT2D eigenvalue weighted by atomic mass is 16.2. The highest BCUT2D eigenvalue weighted by Gasteiger charge is 2.34. The van der Waals surface area contributed by atoms with Gasteiger partial charge in [-0.1, -0.05) is 18.2 Å². The van der Waals surface area contributed by atoms with Gasteiger partial charge in [-0.15, -0.1) is 0 Å². The number of nitrogens with zero attached hydrogens (tertiary/aromatic N) is 2. The summed E-state index contributed by atoms with van der Waals surface area (Å²) >= 11 is 0. The van der Waals surface area contributed by atoms with Crippen LogP contribution in [0.25, 0.3) is 0 Å². The summed E-state index contributed by atoms with van der Waals surface area (Å²) in [6.45, 7) is 0.471. The minimum atomic E-state index is -0.447. The SMILES string of the molecule is O=C1C(=O)N(CCc2ccccn2)c2ccccc21. The number of benzene rings is 1. The molecule has 2 aromatic rings. The molecule has 0 radical (unpaired) electrons. The van der Waals surface area contributed by atoms with Crippen molar-refractivity contribution in [3.63, 3.8) is 0 Å². The Morgan fingerprint density at radius 2 is 1.79 bits per heavy atom. The minimum absolute atomic E-state index is 0.420. The zero-order chi connectivity index (χ0) is 13.2. The van der Waals surface area contributed by atoms with Gasteiger partial charge in [0.25, 0.3) is 11.7 Å². The van der Waals surface area contributed by atoms with Crippen LogP contribution in [0.1, 0.15) is 16.1 Å². The van der Waals surface area contributed by atoms with Crippen LogP contribution in [-0.4, -0.2) is 23.2 Å². The van der Waals surface area contributed by atoms with Crippen LogP contribution in [0.2, 0.25) is 0 Å². The molecule has 0 atom stereocenters. The Kier molecular flexibility index (Phi) is 2.83. The lowest BCUT2D eigenvalue weighted by Crippen LogP contribution is -2.31. The molecule has 4 heteroatoms. The summed E-state index contributed by atoms with van der Waals surface area (Å²) in [7, 11) is 0. The third kappa shape index (κ3) is 2.01. The molecule has 0 saturated carbocycles. The maximum atomic E-state index is 11.9. The predicted octanol–water partition coefficient (Wildman–Crippen LogP) is 1.85. The average Bonchev–Trinajstić information content (AvgIpc) is 2.71. The monoisotopic (exact) mass is 252 g/mol. The second-order valence-electron chi connectivity index (χ2n) is 4.37. The van der Waals surface area contributed by atoms with Crippen LogP contribution in [0.4, 0.5) is 5.69 Å². The number of carbonyl (C=O) groups is 2. The van der Waals surface area contributed by atoms with Crippen molar-refractivity contribution < 1.29 is 9.59 Å². The van der Waals surface area contributed by atoms with Gasteiger partial charge in [-0.25, -0.2) is 0 Å². The van der Waals surface area contributed by atoms with E-state index in [1.165, 1.54) is 4.90 Å². The molecule has 0 aliphatic carbocycles. The lowest BCUT2D eigenvalue weighted by Gasteiger charge is -2.15. The van der Waals surface area contributed by atoms with Gasteiger partial charge in [0, 0.05) is 24.9 Å². The zero-order valence-corrected chi connectivity index (χ0v) is 10.2. The number of amides is 1. The molecule has 0 fully saturated rings. The van der Waals surface area contributed by atoms with Crippen LogP contribution >= 0.6 is 0 Å². The number of carbonyl (C=O) groups excluding carboxylic acids is 2. The number of ketones is 1. The predicted molar refractivity (Wildman–Crippen MR) is 71.1 cm³/mol. The number of hydrogen-bond acceptors (Lipinski definition) is 3. The van der Waals surface area contributed by atoms with E-state index < -0.39 is 11.7 Å². The fraction of sp³-hybridized carbons (Fsp3) is 0.133. The van der Waals surface area contributed by atoms with Gasteiger partial charge in [-0.2, -0.15) is 0 Å². The maximum absolute atomic E-state index is 11.9. The number of anilines is 1. The summed E-state index contributed by atoms with van der Waals surface area (Å²) in [5.74, 6) is -0.867. The van der Waals surface area contributed by atoms with E-state index >= 15 is 0 Å². The molecule has 4 nitrogen and oxygen atoms in total. The Morgan fingerprint density at radius 3 is 2.58 bits per heavy atom. The maximum Gasteiger partial charge on any atom is 0.299 e. The summed E-state index contributed by atoms with van der Waals surface area (Å²) in [4.78, 5) is 29.5. The topological polar surface area (TPSA) is 50.3 Å². The van der Waals surface area contributed by atoms with Crippen LogP contribution in [0.3, 0.4) is 0 Å². The number of Topliss-reactive ketones (excluding diaryl/α,β-unsaturated/α-hetero) is 1. The second-order valence-corrected chi connectivity index (χ2v) is 4.37. The number of rotatable bonds is 3. The van der Waals surface area contributed by atoms with Crippen molar-refractivity contribution in [1.29, 1.82) is 0 Å². The number of para-hydroxylation sites is 1. The molecule has 19 heavy (non-hydrogen) atoms. The summed E-state index contributed by atoms with van der Waals surface area (Å²) in [6.07, 6.45) is 2.36. The minimum Gasteiger partial charge on any atom is -0.304 e. The van der Waals surface area contributed by atoms with Gasteiger partial charge in [0.1, 0.15) is 0 Å². The van der Waals surface area contributed by atoms with Crippen LogP contribution in [0.15, 0.2) is 48.7 Å². The van der Waals surface area contributed by atoms with E-state index in [0.29, 0.717) is 24.2 Å². The first-order chi connectivity index (χ1) is 9.27. The van der Waals surface area contributed by atoms with Crippen LogP contribution < -0.4 is 4.90 Å². The number of pyridine rings is 1. The third-order valence-electron chi connectivity index (χ3n) is 3.20. The molecular formula is C15H12N2O2. The first-order valence-electron chi connectivity index (χ1n) is 6.12. The van der Waals surface area contributed by atoms with E-state index in [9.17, 15) is 9.59 Å². The Labute approximate surface area is 110 Å². The van der Waals surface area contributed by atoms with E-state index in [0.717, 1.165) is 5.69 Å². The van der Waals surface area contributed by atoms with Crippen molar-refractivity contribution in [2.45, 2.75) is 6.42 Å². The van der Waals surface area contributed by atoms with Crippen LogP contribution in [-0.2, 0) is 11.2 Å². The third-order valence-corrected chi connectivity index (χ3v) is 3.20. The molecule has 2 heterocycles. The van der Waals surface area contributed by atoms with Crippen LogP contribution in [0, 0.1) is 0 Å². The van der Waals surface area contributed by atoms with Gasteiger partial charge in [0.05, 0.1) is 11.3 Å². The first kappa shape index (κ1) is 11.6. The summed E-state index contributed by atoms with van der Waals surface area (Å²) in [6, 6.07) is 12.8. The molecule has 1 aliphatic rings. The smallest absolute Gasteiger partial charge is 0.299 e. The van der Waals surface area contributed by atoms with Crippen molar-refractivity contribution in [3.8, 4) is 0 Å². The Balaban J connectivity index is 1.82. The van der Waals surface area contributed by atoms with E-state index in [-0.39, 0.29) is 0 Å². The fourth-order valence-corrected chi connectivity index (χ4v) is 2.24. The number of aromatic nitrogens is 1. The van der Waals surface area contributed by atoms with Crippen LogP contribution in [0.5, 0.6) is 0 Å². The summed E-state index contributed by atoms with van der Waals surface area (Å²) in [5, 5.41) is 0. The molecule has 3 rings (SSSR count). The van der Waals surface area contributed by atoms with Gasteiger partial charge < -0.3 is 4.90 Å². The highest BCUT2D eigenvalue weighted by molar-refractivity contribution is 6.52. The number of fused-ring (bicyclic) bond motifs is 1. The highest BCUT2D eigenvalue weighted by Crippen LogP contribution is 2.28. The molecule has 0 spiro atoms. The molecule has 1 aliphatic heterocycles. The van der Waals surface area contributed by atoms with Gasteiger partial charge in [-0.3, -0.25) is 14.6 Å². The molecule has 1 aromatic carbocycles. The van der Waals surface area contributed by atoms with E-state index in [2.05, 4.69) is 4.98 Å². The van der Waals surface area contributed by atoms with Crippen molar-refractivity contribution in [2.24, 2.45) is 0 Å². The summed E-state index contributed by atoms with van der Waals surface area (Å²) < 4.78 is 0. The van der Waals surface area contributed by atoms with Gasteiger partial charge in [0.15, 0.2) is 0 Å². The van der Waals surface area contributed by atoms with E-state index in [1.807, 2.05) is 24.3 Å². The molecule has 0 N–H and O–H groups in total. The molecule has 0 bridgehead atoms. The average molecular weight is 252 g/mol. The van der Waals surface area contributed by atoms with Gasteiger partial charge in [-0.05, 0) is 24.3 Å². The van der Waals surface area contributed by atoms with Crippen molar-refractivity contribution in [3.05, 3.63) is 59.9 Å². The first-order valence-corrected chi connectivity index (χ1v) is 6.12. The molecule has 1 amide bonds. The Hall–Kier alpha value is -2.49. The van der Waals surface area contributed by atoms with E-state index in [1.54, 1.807) is 24.4 Å². The van der Waals surface area contributed by atoms with Gasteiger partial charge >= 0.3 is 0 Å². The zero-order valence-electron chi connectivity index (χ0n) is 10.2. The molecular weight excluding hydrogens is 240 g/mol. The Morgan fingerprint density at radius 1 is 1.00 bits per heavy atom. The standard InChI is InChI=1S/C15H12N2O2/c18-14-12-6-1-2-7-13(12)17(15(14)19)10-8-11-5-3-4-9-16-11/h1-7,9H,8,10H2. The number of hydrogen-bond donors (Lipinski definition) is 0. The molecule has 0 saturated heterocycles. The fourth-order valence-electron chi connectivity index (χ4n) is 2.24. The van der Waals surface area contributed by atoms with Crippen molar-refractivity contribution >= 4 is 17.4 Å². The molecule has 0 unspecified atom stereocenters. The Bertz CT molecular complexity index is 638. The molecule has 1 aromatic heterocycles.